The number of hydrogen-bond acceptors (Lipinski definition) is 5. The van der Waals surface area contributed by atoms with Crippen molar-refractivity contribution in [1.82, 2.24) is 5.32 Å². The molecule has 6 heteroatoms. The Kier molecular flexibility index (Phi) is 45.1. The lowest BCUT2D eigenvalue weighted by Crippen LogP contribution is -2.46. The van der Waals surface area contributed by atoms with Gasteiger partial charge in [0.05, 0.1) is 25.2 Å². The van der Waals surface area contributed by atoms with Crippen LogP contribution in [0.5, 0.6) is 0 Å². The number of esters is 1. The fourth-order valence-corrected chi connectivity index (χ4v) is 7.49. The molecule has 0 fully saturated rings. The summed E-state index contributed by atoms with van der Waals surface area (Å²) < 4.78 is 5.91. The van der Waals surface area contributed by atoms with Crippen LogP contribution in [-0.2, 0) is 14.3 Å². The highest BCUT2D eigenvalue weighted by Crippen LogP contribution is 2.17. The van der Waals surface area contributed by atoms with Crippen LogP contribution < -0.4 is 5.32 Å². The van der Waals surface area contributed by atoms with Crippen LogP contribution in [0.2, 0.25) is 0 Å². The molecule has 0 aromatic heterocycles. The maximum absolute atomic E-state index is 13.2. The van der Waals surface area contributed by atoms with E-state index in [1.54, 1.807) is 0 Å². The zero-order valence-electron chi connectivity index (χ0n) is 39.1. The van der Waals surface area contributed by atoms with E-state index in [9.17, 15) is 19.8 Å². The number of carbonyl (C=O) groups excluding carboxylic acids is 2. The van der Waals surface area contributed by atoms with Gasteiger partial charge in [-0.2, -0.15) is 0 Å². The Balaban J connectivity index is 4.63. The summed E-state index contributed by atoms with van der Waals surface area (Å²) >= 11 is 0. The first-order valence-corrected chi connectivity index (χ1v) is 25.4. The topological polar surface area (TPSA) is 95.9 Å². The number of ether oxygens (including phenoxy) is 1. The molecule has 3 atom stereocenters. The Morgan fingerprint density at radius 2 is 0.864 bits per heavy atom. The van der Waals surface area contributed by atoms with Crippen molar-refractivity contribution in [2.75, 3.05) is 6.61 Å². The summed E-state index contributed by atoms with van der Waals surface area (Å²) in [6.07, 6.45) is 56.0. The highest BCUT2D eigenvalue weighted by molar-refractivity contribution is 5.77. The van der Waals surface area contributed by atoms with Gasteiger partial charge in [-0.25, -0.2) is 0 Å². The van der Waals surface area contributed by atoms with Crippen LogP contribution in [0.1, 0.15) is 252 Å². The molecule has 344 valence electrons. The Morgan fingerprint density at radius 1 is 0.492 bits per heavy atom. The second-order valence-electron chi connectivity index (χ2n) is 17.2. The molecule has 0 rings (SSSR count). The van der Waals surface area contributed by atoms with Gasteiger partial charge >= 0.3 is 5.97 Å². The van der Waals surface area contributed by atoms with Gasteiger partial charge in [0.2, 0.25) is 5.91 Å². The molecular weight excluding hydrogens is 731 g/mol. The minimum atomic E-state index is -0.793. The predicted molar refractivity (Wildman–Crippen MR) is 255 cm³/mol. The number of rotatable bonds is 45. The fraction of sp³-hybridized carbons (Fsp3) is 0.811. The van der Waals surface area contributed by atoms with Gasteiger partial charge < -0.3 is 20.3 Å². The minimum Gasteiger partial charge on any atom is -0.462 e. The number of allylic oxidation sites excluding steroid dienone is 8. The quantitative estimate of drug-likeness (QED) is 0.0323. The van der Waals surface area contributed by atoms with Crippen molar-refractivity contribution in [3.8, 4) is 0 Å². The molecule has 0 spiro atoms. The molecule has 0 aromatic rings. The molecule has 0 aliphatic rings. The van der Waals surface area contributed by atoms with Crippen molar-refractivity contribution in [3.05, 3.63) is 48.6 Å². The van der Waals surface area contributed by atoms with Crippen molar-refractivity contribution in [1.29, 1.82) is 0 Å². The molecular formula is C53H97NO5. The standard InChI is InChI=1S/C53H97NO5/c1-4-7-10-13-16-19-21-23-25-26-27-29-31-34-37-40-43-46-53(58)59-49(44-41-38-35-33-30-28-24-22-20-17-14-11-8-5-2)47-52(57)54-50(48-55)51(56)45-42-39-36-32-18-15-12-9-6-3/h16,19,23,25,27-30,49-51,55-56H,4-15,17-18,20-22,24,26,31-48H2,1-3H3,(H,54,57)/b19-16-,25-23-,29-27-,30-28+. The van der Waals surface area contributed by atoms with Crippen molar-refractivity contribution >= 4 is 11.9 Å². The second kappa shape index (κ2) is 46.9. The van der Waals surface area contributed by atoms with E-state index in [2.05, 4.69) is 74.7 Å². The van der Waals surface area contributed by atoms with Crippen LogP contribution >= 0.6 is 0 Å². The zero-order chi connectivity index (χ0) is 43.1. The number of amides is 1. The summed E-state index contributed by atoms with van der Waals surface area (Å²) in [6.45, 7) is 6.42. The third kappa shape index (κ3) is 42.3. The van der Waals surface area contributed by atoms with Crippen LogP contribution in [-0.4, -0.2) is 46.9 Å². The van der Waals surface area contributed by atoms with E-state index in [-0.39, 0.29) is 24.9 Å². The Hall–Kier alpha value is -2.18. The highest BCUT2D eigenvalue weighted by atomic mass is 16.5. The van der Waals surface area contributed by atoms with E-state index in [1.165, 1.54) is 109 Å². The van der Waals surface area contributed by atoms with Gasteiger partial charge in [-0.15, -0.1) is 0 Å². The van der Waals surface area contributed by atoms with Gasteiger partial charge in [0, 0.05) is 6.42 Å². The van der Waals surface area contributed by atoms with Crippen LogP contribution in [0.25, 0.3) is 0 Å². The molecule has 0 aliphatic carbocycles. The van der Waals surface area contributed by atoms with Crippen LogP contribution in [0.4, 0.5) is 0 Å². The fourth-order valence-electron chi connectivity index (χ4n) is 7.49. The first-order valence-electron chi connectivity index (χ1n) is 25.4. The van der Waals surface area contributed by atoms with Crippen molar-refractivity contribution < 1.29 is 24.5 Å². The van der Waals surface area contributed by atoms with E-state index in [0.717, 1.165) is 96.3 Å². The van der Waals surface area contributed by atoms with E-state index in [1.807, 2.05) is 0 Å². The number of hydrogen-bond donors (Lipinski definition) is 3. The number of nitrogens with one attached hydrogen (secondary N) is 1. The minimum absolute atomic E-state index is 0.0581. The molecule has 0 aromatic carbocycles. The van der Waals surface area contributed by atoms with Crippen molar-refractivity contribution in [2.24, 2.45) is 0 Å². The molecule has 0 radical (unpaired) electrons. The lowest BCUT2D eigenvalue weighted by Gasteiger charge is -2.24. The van der Waals surface area contributed by atoms with E-state index in [0.29, 0.717) is 19.3 Å². The molecule has 3 unspecified atom stereocenters. The summed E-state index contributed by atoms with van der Waals surface area (Å²) in [5, 5.41) is 23.7. The Labute approximate surface area is 366 Å². The number of aliphatic hydroxyl groups excluding tert-OH is 2. The summed E-state index contributed by atoms with van der Waals surface area (Å²) in [6, 6.07) is -0.709. The Bertz CT molecular complexity index is 1020. The van der Waals surface area contributed by atoms with Crippen LogP contribution in [0, 0.1) is 0 Å². The first-order chi connectivity index (χ1) is 29.0. The normalized spacial score (nSPS) is 13.6. The summed E-state index contributed by atoms with van der Waals surface area (Å²) in [5.74, 6) is -0.512. The van der Waals surface area contributed by atoms with E-state index in [4.69, 9.17) is 4.74 Å². The molecule has 1 amide bonds. The van der Waals surface area contributed by atoms with Gasteiger partial charge in [0.1, 0.15) is 6.10 Å². The molecule has 0 heterocycles. The summed E-state index contributed by atoms with van der Waals surface area (Å²) in [4.78, 5) is 26.1. The van der Waals surface area contributed by atoms with Crippen LogP contribution in [0.15, 0.2) is 48.6 Å². The van der Waals surface area contributed by atoms with Gasteiger partial charge in [-0.3, -0.25) is 9.59 Å². The van der Waals surface area contributed by atoms with Crippen molar-refractivity contribution in [2.45, 2.75) is 270 Å². The van der Waals surface area contributed by atoms with E-state index >= 15 is 0 Å². The summed E-state index contributed by atoms with van der Waals surface area (Å²) in [5.41, 5.74) is 0. The molecule has 6 nitrogen and oxygen atoms in total. The number of aliphatic hydroxyl groups is 2. The van der Waals surface area contributed by atoms with Gasteiger partial charge in [0.25, 0.3) is 0 Å². The average Bonchev–Trinajstić information content (AvgIpc) is 3.23. The first kappa shape index (κ1) is 56.8. The second-order valence-corrected chi connectivity index (χ2v) is 17.2. The highest BCUT2D eigenvalue weighted by Gasteiger charge is 2.24. The smallest absolute Gasteiger partial charge is 0.306 e. The average molecular weight is 828 g/mol. The monoisotopic (exact) mass is 828 g/mol. The predicted octanol–water partition coefficient (Wildman–Crippen LogP) is 15.1. The van der Waals surface area contributed by atoms with Gasteiger partial charge in [-0.05, 0) is 89.9 Å². The SMILES string of the molecule is CCCCC/C=C\C/C=C\C/C=C\CCCCCCC(=O)OC(CCCCC/C=C/CCCCCCCCC)CC(=O)NC(CO)C(O)CCCCCCCCCCC. The van der Waals surface area contributed by atoms with Crippen molar-refractivity contribution in [3.63, 3.8) is 0 Å². The lowest BCUT2D eigenvalue weighted by atomic mass is 10.0. The van der Waals surface area contributed by atoms with Crippen LogP contribution in [0.3, 0.4) is 0 Å². The molecule has 0 bridgehead atoms. The van der Waals surface area contributed by atoms with Gasteiger partial charge in [0.15, 0.2) is 0 Å². The zero-order valence-corrected chi connectivity index (χ0v) is 39.1. The third-order valence-corrected chi connectivity index (χ3v) is 11.4. The van der Waals surface area contributed by atoms with Gasteiger partial charge in [-0.1, -0.05) is 198 Å². The molecule has 3 N–H and O–H groups in total. The summed E-state index contributed by atoms with van der Waals surface area (Å²) in [7, 11) is 0. The largest absolute Gasteiger partial charge is 0.462 e. The number of unbranched alkanes of at least 4 members (excludes halogenated alkanes) is 25. The maximum atomic E-state index is 13.2. The molecule has 59 heavy (non-hydrogen) atoms. The lowest BCUT2D eigenvalue weighted by molar-refractivity contribution is -0.151. The molecule has 0 saturated carbocycles. The number of carbonyl (C=O) groups is 2. The molecule has 0 saturated heterocycles. The Morgan fingerprint density at radius 3 is 1.37 bits per heavy atom. The maximum Gasteiger partial charge on any atom is 0.306 e. The van der Waals surface area contributed by atoms with E-state index < -0.39 is 18.2 Å². The molecule has 0 aliphatic heterocycles. The third-order valence-electron chi connectivity index (χ3n) is 11.4.